The van der Waals surface area contributed by atoms with Crippen LogP contribution in [0.15, 0.2) is 78.9 Å². The molecule has 4 aromatic rings. The first-order valence-electron chi connectivity index (χ1n) is 10.1. The van der Waals surface area contributed by atoms with E-state index in [-0.39, 0.29) is 11.9 Å². The van der Waals surface area contributed by atoms with Gasteiger partial charge < -0.3 is 10.1 Å². The molecule has 0 unspecified atom stereocenters. The number of likely N-dealkylation sites (N-methyl/N-ethyl adjacent to an activating group) is 1. The summed E-state index contributed by atoms with van der Waals surface area (Å²) in [6.45, 7) is 2.09. The molecule has 5 nitrogen and oxygen atoms in total. The highest BCUT2D eigenvalue weighted by Crippen LogP contribution is 2.34. The first-order chi connectivity index (χ1) is 15.1. The van der Waals surface area contributed by atoms with Crippen LogP contribution >= 0.6 is 11.3 Å². The van der Waals surface area contributed by atoms with Crippen LogP contribution in [-0.2, 0) is 4.79 Å². The largest absolute Gasteiger partial charge is 0.497 e. The zero-order valence-corrected chi connectivity index (χ0v) is 18.6. The van der Waals surface area contributed by atoms with Gasteiger partial charge in [0.1, 0.15) is 16.8 Å². The summed E-state index contributed by atoms with van der Waals surface area (Å²) in [5.41, 5.74) is 2.62. The van der Waals surface area contributed by atoms with Crippen molar-refractivity contribution in [3.63, 3.8) is 0 Å². The maximum absolute atomic E-state index is 13.5. The quantitative estimate of drug-likeness (QED) is 0.409. The van der Waals surface area contributed by atoms with E-state index in [1.165, 1.54) is 0 Å². The zero-order valence-electron chi connectivity index (χ0n) is 17.8. The number of aromatic nitrogens is 1. The van der Waals surface area contributed by atoms with Gasteiger partial charge in [0, 0.05) is 11.8 Å². The Morgan fingerprint density at radius 2 is 1.77 bits per heavy atom. The van der Waals surface area contributed by atoms with Gasteiger partial charge in [-0.3, -0.25) is 9.69 Å². The molecule has 0 saturated heterocycles. The van der Waals surface area contributed by atoms with Crippen molar-refractivity contribution in [1.29, 1.82) is 0 Å². The van der Waals surface area contributed by atoms with Crippen molar-refractivity contribution in [2.45, 2.75) is 19.0 Å². The lowest BCUT2D eigenvalue weighted by molar-refractivity contribution is -0.121. The van der Waals surface area contributed by atoms with Gasteiger partial charge in [0.25, 0.3) is 0 Å². The van der Waals surface area contributed by atoms with E-state index < -0.39 is 6.04 Å². The van der Waals surface area contributed by atoms with Crippen molar-refractivity contribution in [1.82, 2.24) is 9.88 Å². The lowest BCUT2D eigenvalue weighted by Crippen LogP contribution is -2.36. The fourth-order valence-electron chi connectivity index (χ4n) is 3.58. The Kier molecular flexibility index (Phi) is 6.30. The highest BCUT2D eigenvalue weighted by molar-refractivity contribution is 7.18. The SMILES string of the molecule is COc1cccc(NC(=O)[C@H](c2ccccc2)N(C)[C@H](C)c2nc3ccccc3s2)c1. The predicted octanol–water partition coefficient (Wildman–Crippen LogP) is 5.68. The molecule has 31 heavy (non-hydrogen) atoms. The van der Waals surface area contributed by atoms with E-state index in [0.717, 1.165) is 20.8 Å². The molecule has 0 radical (unpaired) electrons. The topological polar surface area (TPSA) is 54.5 Å². The van der Waals surface area contributed by atoms with Crippen LogP contribution in [0.2, 0.25) is 0 Å². The second-order valence-corrected chi connectivity index (χ2v) is 8.46. The Labute approximate surface area is 186 Å². The van der Waals surface area contributed by atoms with E-state index in [4.69, 9.17) is 9.72 Å². The molecule has 0 aliphatic rings. The van der Waals surface area contributed by atoms with Crippen LogP contribution in [0.1, 0.15) is 29.6 Å². The molecule has 0 saturated carbocycles. The first-order valence-corrected chi connectivity index (χ1v) is 11.0. The molecule has 0 aliphatic carbocycles. The molecular weight excluding hydrogens is 406 g/mol. The molecule has 0 bridgehead atoms. The number of amides is 1. The number of para-hydroxylation sites is 1. The summed E-state index contributed by atoms with van der Waals surface area (Å²) >= 11 is 1.67. The van der Waals surface area contributed by atoms with Gasteiger partial charge in [0.15, 0.2) is 0 Å². The van der Waals surface area contributed by atoms with E-state index in [9.17, 15) is 4.79 Å². The highest BCUT2D eigenvalue weighted by Gasteiger charge is 2.30. The van der Waals surface area contributed by atoms with Crippen LogP contribution in [0.3, 0.4) is 0 Å². The molecule has 3 aromatic carbocycles. The second kappa shape index (κ2) is 9.29. The van der Waals surface area contributed by atoms with Crippen molar-refractivity contribution < 1.29 is 9.53 Å². The number of anilines is 1. The molecule has 0 aliphatic heterocycles. The third-order valence-corrected chi connectivity index (χ3v) is 6.59. The van der Waals surface area contributed by atoms with Crippen LogP contribution in [0.5, 0.6) is 5.75 Å². The Bertz CT molecular complexity index is 1140. The Morgan fingerprint density at radius 3 is 2.52 bits per heavy atom. The number of fused-ring (bicyclic) bond motifs is 1. The molecule has 1 heterocycles. The summed E-state index contributed by atoms with van der Waals surface area (Å²) in [5.74, 6) is 0.597. The minimum absolute atomic E-state index is 0.0429. The minimum Gasteiger partial charge on any atom is -0.497 e. The summed E-state index contributed by atoms with van der Waals surface area (Å²) in [6.07, 6.45) is 0. The number of thiazole rings is 1. The van der Waals surface area contributed by atoms with Crippen molar-refractivity contribution in [2.75, 3.05) is 19.5 Å². The van der Waals surface area contributed by atoms with Gasteiger partial charge in [-0.05, 0) is 43.8 Å². The van der Waals surface area contributed by atoms with Gasteiger partial charge >= 0.3 is 0 Å². The first kappa shape index (κ1) is 21.0. The van der Waals surface area contributed by atoms with E-state index in [0.29, 0.717) is 11.4 Å². The number of hydrogen-bond acceptors (Lipinski definition) is 5. The summed E-state index contributed by atoms with van der Waals surface area (Å²) in [7, 11) is 3.58. The number of ether oxygens (including phenoxy) is 1. The zero-order chi connectivity index (χ0) is 21.8. The average Bonchev–Trinajstić information content (AvgIpc) is 3.24. The monoisotopic (exact) mass is 431 g/mol. The van der Waals surface area contributed by atoms with Gasteiger partial charge in [0.2, 0.25) is 5.91 Å². The van der Waals surface area contributed by atoms with Crippen molar-refractivity contribution >= 4 is 33.1 Å². The predicted molar refractivity (Wildman–Crippen MR) is 127 cm³/mol. The smallest absolute Gasteiger partial charge is 0.246 e. The van der Waals surface area contributed by atoms with Crippen LogP contribution in [0.25, 0.3) is 10.2 Å². The molecule has 0 spiro atoms. The van der Waals surface area contributed by atoms with Crippen molar-refractivity contribution in [3.05, 3.63) is 89.4 Å². The average molecular weight is 432 g/mol. The molecule has 0 fully saturated rings. The normalized spacial score (nSPS) is 13.2. The summed E-state index contributed by atoms with van der Waals surface area (Å²) in [6, 6.07) is 24.8. The lowest BCUT2D eigenvalue weighted by atomic mass is 10.0. The molecule has 1 aromatic heterocycles. The maximum Gasteiger partial charge on any atom is 0.246 e. The molecule has 1 amide bonds. The van der Waals surface area contributed by atoms with E-state index >= 15 is 0 Å². The molecule has 4 rings (SSSR count). The third kappa shape index (κ3) is 4.60. The van der Waals surface area contributed by atoms with Crippen molar-refractivity contribution in [2.24, 2.45) is 0 Å². The standard InChI is InChI=1S/C25H25N3O2S/c1-17(25-27-21-14-7-8-15-22(21)31-25)28(2)23(18-10-5-4-6-11-18)24(29)26-19-12-9-13-20(16-19)30-3/h4-17,23H,1-3H3,(H,26,29)/t17-,23+/m1/s1. The third-order valence-electron chi connectivity index (χ3n) is 5.39. The van der Waals surface area contributed by atoms with Crippen LogP contribution < -0.4 is 10.1 Å². The number of benzene rings is 3. The van der Waals surface area contributed by atoms with Gasteiger partial charge in [-0.2, -0.15) is 0 Å². The van der Waals surface area contributed by atoms with Gasteiger partial charge in [-0.15, -0.1) is 11.3 Å². The number of rotatable bonds is 7. The van der Waals surface area contributed by atoms with Crippen LogP contribution in [0.4, 0.5) is 5.69 Å². The number of nitrogens with one attached hydrogen (secondary N) is 1. The molecule has 2 atom stereocenters. The lowest BCUT2D eigenvalue weighted by Gasteiger charge is -2.31. The van der Waals surface area contributed by atoms with Gasteiger partial charge in [-0.25, -0.2) is 4.98 Å². The number of carbonyl (C=O) groups is 1. The van der Waals surface area contributed by atoms with Crippen LogP contribution in [-0.4, -0.2) is 29.9 Å². The Hall–Kier alpha value is -3.22. The second-order valence-electron chi connectivity index (χ2n) is 7.40. The van der Waals surface area contributed by atoms with Crippen molar-refractivity contribution in [3.8, 4) is 5.75 Å². The number of carbonyl (C=O) groups excluding carboxylic acids is 1. The van der Waals surface area contributed by atoms with Gasteiger partial charge in [-0.1, -0.05) is 48.5 Å². The van der Waals surface area contributed by atoms with E-state index in [2.05, 4.69) is 23.2 Å². The summed E-state index contributed by atoms with van der Waals surface area (Å²) in [5, 5.41) is 4.04. The van der Waals surface area contributed by atoms with Crippen LogP contribution in [0, 0.1) is 0 Å². The Morgan fingerprint density at radius 1 is 1.03 bits per heavy atom. The number of methoxy groups -OCH3 is 1. The van der Waals surface area contributed by atoms with Gasteiger partial charge in [0.05, 0.1) is 23.4 Å². The fourth-order valence-corrected chi connectivity index (χ4v) is 4.66. The summed E-state index contributed by atoms with van der Waals surface area (Å²) < 4.78 is 6.43. The molecular formula is C25H25N3O2S. The molecule has 158 valence electrons. The summed E-state index contributed by atoms with van der Waals surface area (Å²) in [4.78, 5) is 20.3. The molecule has 1 N–H and O–H groups in total. The Balaban J connectivity index is 1.64. The number of hydrogen-bond donors (Lipinski definition) is 1. The fraction of sp³-hybridized carbons (Fsp3) is 0.200. The highest BCUT2D eigenvalue weighted by atomic mass is 32.1. The maximum atomic E-state index is 13.5. The molecule has 6 heteroatoms. The minimum atomic E-state index is -0.477. The number of nitrogens with zero attached hydrogens (tertiary/aromatic N) is 2. The van der Waals surface area contributed by atoms with E-state index in [1.807, 2.05) is 79.8 Å². The van der Waals surface area contributed by atoms with E-state index in [1.54, 1.807) is 18.4 Å².